The minimum absolute atomic E-state index is 0.389. The standard InChI is InChI=1S/C20H27N3O6S2/c1-6-19(29-18-12-10-16(11-13-18)22(2)30(4,25)26)20(24)21-15-8-7-9-17(14-15)23(3)31(5,27)28/h7-14,19H,6H2,1-5H3,(H,21,24)/t19-/m1/s1. The number of amides is 1. The molecule has 31 heavy (non-hydrogen) atoms. The molecule has 1 amide bonds. The first kappa shape index (κ1) is 24.5. The van der Waals surface area contributed by atoms with Crippen molar-refractivity contribution in [1.82, 2.24) is 0 Å². The third-order valence-corrected chi connectivity index (χ3v) is 7.03. The number of nitrogens with one attached hydrogen (secondary N) is 1. The van der Waals surface area contributed by atoms with Crippen LogP contribution in [0.1, 0.15) is 13.3 Å². The van der Waals surface area contributed by atoms with Crippen LogP contribution in [0.15, 0.2) is 48.5 Å². The van der Waals surface area contributed by atoms with Gasteiger partial charge in [-0.1, -0.05) is 13.0 Å². The van der Waals surface area contributed by atoms with Crippen molar-refractivity contribution in [1.29, 1.82) is 0 Å². The minimum Gasteiger partial charge on any atom is -0.481 e. The summed E-state index contributed by atoms with van der Waals surface area (Å²) >= 11 is 0. The highest BCUT2D eigenvalue weighted by Crippen LogP contribution is 2.23. The highest BCUT2D eigenvalue weighted by atomic mass is 32.2. The molecule has 0 bridgehead atoms. The Morgan fingerprint density at radius 1 is 0.935 bits per heavy atom. The van der Waals surface area contributed by atoms with Crippen molar-refractivity contribution in [3.05, 3.63) is 48.5 Å². The van der Waals surface area contributed by atoms with E-state index in [1.807, 2.05) is 0 Å². The average molecular weight is 470 g/mol. The van der Waals surface area contributed by atoms with Crippen molar-refractivity contribution in [3.8, 4) is 5.75 Å². The predicted octanol–water partition coefficient (Wildman–Crippen LogP) is 2.27. The Morgan fingerprint density at radius 3 is 2.00 bits per heavy atom. The highest BCUT2D eigenvalue weighted by Gasteiger charge is 2.20. The zero-order chi connectivity index (χ0) is 23.4. The summed E-state index contributed by atoms with van der Waals surface area (Å²) in [6, 6.07) is 12.8. The number of hydrogen-bond donors (Lipinski definition) is 1. The van der Waals surface area contributed by atoms with Crippen LogP contribution in [-0.4, -0.2) is 55.5 Å². The Hall–Kier alpha value is -2.79. The molecule has 2 aromatic rings. The monoisotopic (exact) mass is 469 g/mol. The number of nitrogens with zero attached hydrogens (tertiary/aromatic N) is 2. The second-order valence-electron chi connectivity index (χ2n) is 7.01. The van der Waals surface area contributed by atoms with Crippen molar-refractivity contribution in [3.63, 3.8) is 0 Å². The van der Waals surface area contributed by atoms with Gasteiger partial charge in [-0.25, -0.2) is 16.8 Å². The molecule has 0 spiro atoms. The van der Waals surface area contributed by atoms with Gasteiger partial charge in [0.2, 0.25) is 20.0 Å². The van der Waals surface area contributed by atoms with E-state index in [9.17, 15) is 21.6 Å². The molecule has 1 N–H and O–H groups in total. The smallest absolute Gasteiger partial charge is 0.265 e. The molecule has 0 fully saturated rings. The molecule has 2 rings (SSSR count). The zero-order valence-corrected chi connectivity index (χ0v) is 19.7. The molecule has 2 aromatic carbocycles. The van der Waals surface area contributed by atoms with Crippen LogP contribution in [0, 0.1) is 0 Å². The fourth-order valence-corrected chi connectivity index (χ4v) is 3.61. The average Bonchev–Trinajstić information content (AvgIpc) is 2.70. The van der Waals surface area contributed by atoms with Gasteiger partial charge in [0, 0.05) is 19.8 Å². The molecule has 0 saturated carbocycles. The van der Waals surface area contributed by atoms with Gasteiger partial charge < -0.3 is 10.1 Å². The zero-order valence-electron chi connectivity index (χ0n) is 18.1. The second kappa shape index (κ2) is 9.56. The number of benzene rings is 2. The molecular formula is C20H27N3O6S2. The molecule has 1 atom stereocenters. The fourth-order valence-electron chi connectivity index (χ4n) is 2.61. The van der Waals surface area contributed by atoms with Crippen LogP contribution in [0.25, 0.3) is 0 Å². The summed E-state index contributed by atoms with van der Waals surface area (Å²) in [6.45, 7) is 1.80. The molecule has 0 aliphatic heterocycles. The van der Waals surface area contributed by atoms with Gasteiger partial charge in [-0.2, -0.15) is 0 Å². The molecule has 0 unspecified atom stereocenters. The van der Waals surface area contributed by atoms with Gasteiger partial charge in [-0.05, 0) is 48.9 Å². The van der Waals surface area contributed by atoms with Crippen molar-refractivity contribution in [2.45, 2.75) is 19.4 Å². The van der Waals surface area contributed by atoms with E-state index in [0.717, 1.165) is 21.1 Å². The minimum atomic E-state index is -3.43. The van der Waals surface area contributed by atoms with Crippen LogP contribution in [-0.2, 0) is 24.8 Å². The van der Waals surface area contributed by atoms with Crippen LogP contribution >= 0.6 is 0 Å². The molecule has 0 aliphatic carbocycles. The third-order valence-electron chi connectivity index (χ3n) is 4.61. The van der Waals surface area contributed by atoms with Gasteiger partial charge in [0.05, 0.1) is 23.9 Å². The van der Waals surface area contributed by atoms with Gasteiger partial charge in [-0.3, -0.25) is 13.4 Å². The van der Waals surface area contributed by atoms with Crippen LogP contribution in [0.3, 0.4) is 0 Å². The highest BCUT2D eigenvalue weighted by molar-refractivity contribution is 7.92. The van der Waals surface area contributed by atoms with Crippen LogP contribution < -0.4 is 18.7 Å². The molecule has 0 radical (unpaired) electrons. The SMILES string of the molecule is CC[C@@H](Oc1ccc(N(C)S(C)(=O)=O)cc1)C(=O)Nc1cccc(N(C)S(C)(=O)=O)c1. The molecule has 11 heteroatoms. The van der Waals surface area contributed by atoms with E-state index in [-0.39, 0.29) is 5.91 Å². The van der Waals surface area contributed by atoms with E-state index < -0.39 is 26.2 Å². The van der Waals surface area contributed by atoms with E-state index in [1.54, 1.807) is 55.5 Å². The van der Waals surface area contributed by atoms with E-state index in [4.69, 9.17) is 4.74 Å². The lowest BCUT2D eigenvalue weighted by atomic mass is 10.2. The Bertz CT molecular complexity index is 1130. The maximum atomic E-state index is 12.7. The molecule has 0 aliphatic rings. The van der Waals surface area contributed by atoms with Crippen molar-refractivity contribution < 1.29 is 26.4 Å². The summed E-state index contributed by atoms with van der Waals surface area (Å²) in [6.07, 6.45) is 1.80. The van der Waals surface area contributed by atoms with Crippen molar-refractivity contribution in [2.24, 2.45) is 0 Å². The first-order valence-electron chi connectivity index (χ1n) is 9.38. The lowest BCUT2D eigenvalue weighted by molar-refractivity contribution is -0.122. The molecular weight excluding hydrogens is 442 g/mol. The number of anilines is 3. The predicted molar refractivity (Wildman–Crippen MR) is 123 cm³/mol. The second-order valence-corrected chi connectivity index (χ2v) is 11.0. The Morgan fingerprint density at radius 2 is 1.48 bits per heavy atom. The van der Waals surface area contributed by atoms with Crippen molar-refractivity contribution >= 4 is 43.0 Å². The van der Waals surface area contributed by atoms with Crippen molar-refractivity contribution in [2.75, 3.05) is 40.5 Å². The number of carbonyl (C=O) groups is 1. The fraction of sp³-hybridized carbons (Fsp3) is 0.350. The quantitative estimate of drug-likeness (QED) is 0.603. The van der Waals surface area contributed by atoms with Crippen LogP contribution in [0.4, 0.5) is 17.1 Å². The van der Waals surface area contributed by atoms with Gasteiger partial charge >= 0.3 is 0 Å². The normalized spacial score (nSPS) is 12.7. The van der Waals surface area contributed by atoms with E-state index >= 15 is 0 Å². The summed E-state index contributed by atoms with van der Waals surface area (Å²) < 4.78 is 54.7. The first-order chi connectivity index (χ1) is 14.3. The van der Waals surface area contributed by atoms with Gasteiger partial charge in [0.15, 0.2) is 6.10 Å². The Labute approximate surface area is 183 Å². The molecule has 0 saturated heterocycles. The van der Waals surface area contributed by atoms with Gasteiger partial charge in [0.25, 0.3) is 5.91 Å². The lowest BCUT2D eigenvalue weighted by Crippen LogP contribution is -2.32. The summed E-state index contributed by atoms with van der Waals surface area (Å²) in [4.78, 5) is 12.7. The molecule has 170 valence electrons. The van der Waals surface area contributed by atoms with Gasteiger partial charge in [0.1, 0.15) is 5.75 Å². The number of sulfonamides is 2. The third kappa shape index (κ3) is 6.59. The van der Waals surface area contributed by atoms with Gasteiger partial charge in [-0.15, -0.1) is 0 Å². The topological polar surface area (TPSA) is 113 Å². The Kier molecular flexibility index (Phi) is 7.55. The summed E-state index contributed by atoms with van der Waals surface area (Å²) in [5.74, 6) is 0.0252. The van der Waals surface area contributed by atoms with Crippen LogP contribution in [0.2, 0.25) is 0 Å². The first-order valence-corrected chi connectivity index (χ1v) is 13.1. The number of hydrogen-bond acceptors (Lipinski definition) is 6. The summed E-state index contributed by atoms with van der Waals surface area (Å²) in [5.41, 5.74) is 1.32. The van der Waals surface area contributed by atoms with Crippen LogP contribution in [0.5, 0.6) is 5.75 Å². The molecule has 9 nitrogen and oxygen atoms in total. The number of carbonyl (C=O) groups excluding carboxylic acids is 1. The Balaban J connectivity index is 2.11. The maximum Gasteiger partial charge on any atom is 0.265 e. The van der Waals surface area contributed by atoms with E-state index in [1.165, 1.54) is 14.1 Å². The largest absolute Gasteiger partial charge is 0.481 e. The molecule has 0 heterocycles. The number of ether oxygens (including phenoxy) is 1. The van der Waals surface area contributed by atoms with E-state index in [2.05, 4.69) is 5.32 Å². The van der Waals surface area contributed by atoms with E-state index in [0.29, 0.717) is 29.2 Å². The molecule has 0 aromatic heterocycles. The summed E-state index contributed by atoms with van der Waals surface area (Å²) in [7, 11) is -3.93. The maximum absolute atomic E-state index is 12.7. The lowest BCUT2D eigenvalue weighted by Gasteiger charge is -2.20. The number of rotatable bonds is 9. The summed E-state index contributed by atoms with van der Waals surface area (Å²) in [5, 5.41) is 2.74.